The van der Waals surface area contributed by atoms with Crippen LogP contribution in [-0.4, -0.2) is 76.5 Å². The number of carbonyl (C=O) groups excluding carboxylic acids is 1. The van der Waals surface area contributed by atoms with Crippen LogP contribution in [0.3, 0.4) is 0 Å². The summed E-state index contributed by atoms with van der Waals surface area (Å²) in [6.45, 7) is 4.31. The molecule has 1 atom stereocenters. The number of hydrogen-bond donors (Lipinski definition) is 1. The minimum absolute atomic E-state index is 0.187. The van der Waals surface area contributed by atoms with Gasteiger partial charge in [-0.15, -0.1) is 0 Å². The molecule has 0 aliphatic carbocycles. The van der Waals surface area contributed by atoms with E-state index in [-0.39, 0.29) is 5.91 Å². The first-order chi connectivity index (χ1) is 11.5. The quantitative estimate of drug-likeness (QED) is 0.708. The number of piperidine rings is 1. The summed E-state index contributed by atoms with van der Waals surface area (Å²) >= 11 is 0. The van der Waals surface area contributed by atoms with Crippen LogP contribution in [0, 0.1) is 0 Å². The number of aliphatic hydroxyl groups is 1. The molecular weight excluding hydrogens is 308 g/mol. The van der Waals surface area contributed by atoms with Gasteiger partial charge in [-0.05, 0) is 33.9 Å². The zero-order valence-electron chi connectivity index (χ0n) is 15.0. The molecule has 136 valence electrons. The highest BCUT2D eigenvalue weighted by Crippen LogP contribution is 2.15. The average Bonchev–Trinajstić information content (AvgIpc) is 3.00. The number of nitrogens with zero attached hydrogens (tertiary/aromatic N) is 4. The van der Waals surface area contributed by atoms with E-state index in [0.29, 0.717) is 32.0 Å². The van der Waals surface area contributed by atoms with Crippen molar-refractivity contribution in [3.8, 4) is 0 Å². The maximum atomic E-state index is 12.4. The lowest BCUT2D eigenvalue weighted by Crippen LogP contribution is -2.44. The molecule has 1 amide bonds. The minimum atomic E-state index is -0.844. The van der Waals surface area contributed by atoms with E-state index in [1.807, 2.05) is 22.6 Å². The van der Waals surface area contributed by atoms with Crippen LogP contribution in [0.1, 0.15) is 32.0 Å². The van der Waals surface area contributed by atoms with Gasteiger partial charge in [-0.2, -0.15) is 0 Å². The highest BCUT2D eigenvalue weighted by atomic mass is 16.6. The Labute approximate surface area is 144 Å². The Morgan fingerprint density at radius 2 is 2.17 bits per heavy atom. The Kier molecular flexibility index (Phi) is 7.20. The van der Waals surface area contributed by atoms with Gasteiger partial charge in [-0.25, -0.2) is 4.98 Å². The van der Waals surface area contributed by atoms with Gasteiger partial charge in [-0.3, -0.25) is 4.79 Å². The van der Waals surface area contributed by atoms with Crippen LogP contribution in [0.2, 0.25) is 0 Å². The molecule has 1 aromatic rings. The van der Waals surface area contributed by atoms with Gasteiger partial charge in [0.15, 0.2) is 6.29 Å². The molecule has 24 heavy (non-hydrogen) atoms. The van der Waals surface area contributed by atoms with Gasteiger partial charge in [0.05, 0.1) is 6.54 Å². The smallest absolute Gasteiger partial charge is 0.223 e. The molecule has 1 aromatic heterocycles. The molecule has 0 saturated carbocycles. The number of amides is 1. The lowest BCUT2D eigenvalue weighted by molar-refractivity contribution is -0.132. The van der Waals surface area contributed by atoms with Crippen LogP contribution in [0.4, 0.5) is 0 Å². The summed E-state index contributed by atoms with van der Waals surface area (Å²) in [7, 11) is 4.19. The Hall–Kier alpha value is -1.44. The molecule has 1 aliphatic rings. The highest BCUT2D eigenvalue weighted by Gasteiger charge is 2.23. The number of carbonyl (C=O) groups is 1. The van der Waals surface area contributed by atoms with Crippen molar-refractivity contribution >= 4 is 5.91 Å². The third-order valence-electron chi connectivity index (χ3n) is 4.62. The fourth-order valence-corrected chi connectivity index (χ4v) is 3.16. The van der Waals surface area contributed by atoms with Crippen molar-refractivity contribution in [2.45, 2.75) is 51.5 Å². The van der Waals surface area contributed by atoms with E-state index in [9.17, 15) is 9.90 Å². The number of ether oxygens (including phenoxy) is 1. The lowest BCUT2D eigenvalue weighted by atomic mass is 10.0. The van der Waals surface area contributed by atoms with E-state index in [2.05, 4.69) is 24.0 Å². The lowest BCUT2D eigenvalue weighted by Gasteiger charge is -2.35. The SMILES string of the molecule is CCOC(O)Cn1ccnc1CCC(=O)N1CCC(N(C)C)CC1. The number of aryl methyl sites for hydroxylation is 1. The maximum absolute atomic E-state index is 12.4. The predicted octanol–water partition coefficient (Wildman–Crippen LogP) is 0.723. The van der Waals surface area contributed by atoms with Gasteiger partial charge in [0, 0.05) is 51.0 Å². The molecule has 7 heteroatoms. The van der Waals surface area contributed by atoms with Gasteiger partial charge in [0.2, 0.25) is 5.91 Å². The predicted molar refractivity (Wildman–Crippen MR) is 91.5 cm³/mol. The van der Waals surface area contributed by atoms with Gasteiger partial charge >= 0.3 is 0 Å². The van der Waals surface area contributed by atoms with Crippen LogP contribution in [0.5, 0.6) is 0 Å². The third-order valence-corrected chi connectivity index (χ3v) is 4.62. The van der Waals surface area contributed by atoms with Crippen molar-refractivity contribution in [3.05, 3.63) is 18.2 Å². The fraction of sp³-hybridized carbons (Fsp3) is 0.765. The van der Waals surface area contributed by atoms with E-state index < -0.39 is 6.29 Å². The first-order valence-corrected chi connectivity index (χ1v) is 8.75. The zero-order chi connectivity index (χ0) is 17.5. The zero-order valence-corrected chi connectivity index (χ0v) is 15.0. The van der Waals surface area contributed by atoms with E-state index in [1.165, 1.54) is 0 Å². The van der Waals surface area contributed by atoms with Gasteiger partial charge < -0.3 is 24.2 Å². The van der Waals surface area contributed by atoms with Crippen molar-refractivity contribution in [2.75, 3.05) is 33.8 Å². The summed E-state index contributed by atoms with van der Waals surface area (Å²) < 4.78 is 7.00. The van der Waals surface area contributed by atoms with Gasteiger partial charge in [-0.1, -0.05) is 0 Å². The third kappa shape index (κ3) is 5.29. The minimum Gasteiger partial charge on any atom is -0.366 e. The monoisotopic (exact) mass is 338 g/mol. The van der Waals surface area contributed by atoms with Crippen LogP contribution in [-0.2, 0) is 22.5 Å². The van der Waals surface area contributed by atoms with Crippen LogP contribution < -0.4 is 0 Å². The Balaban J connectivity index is 1.79. The molecule has 7 nitrogen and oxygen atoms in total. The highest BCUT2D eigenvalue weighted by molar-refractivity contribution is 5.76. The molecule has 1 unspecified atom stereocenters. The summed E-state index contributed by atoms with van der Waals surface area (Å²) in [6, 6.07) is 0.577. The number of aromatic nitrogens is 2. The summed E-state index contributed by atoms with van der Waals surface area (Å²) in [5.41, 5.74) is 0. The number of aliphatic hydroxyl groups excluding tert-OH is 1. The van der Waals surface area contributed by atoms with E-state index >= 15 is 0 Å². The molecule has 0 aromatic carbocycles. The summed E-state index contributed by atoms with van der Waals surface area (Å²) in [5.74, 6) is 0.998. The topological polar surface area (TPSA) is 70.8 Å². The number of hydrogen-bond acceptors (Lipinski definition) is 5. The molecule has 0 bridgehead atoms. The van der Waals surface area contributed by atoms with Gasteiger partial charge in [0.25, 0.3) is 0 Å². The molecule has 0 radical (unpaired) electrons. The first-order valence-electron chi connectivity index (χ1n) is 8.75. The molecule has 1 N–H and O–H groups in total. The Morgan fingerprint density at radius 1 is 1.46 bits per heavy atom. The maximum Gasteiger partial charge on any atom is 0.223 e. The van der Waals surface area contributed by atoms with Crippen molar-refractivity contribution < 1.29 is 14.6 Å². The fourth-order valence-electron chi connectivity index (χ4n) is 3.16. The molecule has 0 spiro atoms. The largest absolute Gasteiger partial charge is 0.366 e. The molecule has 2 rings (SSSR count). The van der Waals surface area contributed by atoms with Gasteiger partial charge in [0.1, 0.15) is 5.82 Å². The second-order valence-corrected chi connectivity index (χ2v) is 6.48. The van der Waals surface area contributed by atoms with Crippen LogP contribution in [0.15, 0.2) is 12.4 Å². The van der Waals surface area contributed by atoms with Crippen molar-refractivity contribution in [1.29, 1.82) is 0 Å². The van der Waals surface area contributed by atoms with E-state index in [4.69, 9.17) is 4.74 Å². The van der Waals surface area contributed by atoms with Crippen molar-refractivity contribution in [2.24, 2.45) is 0 Å². The van der Waals surface area contributed by atoms with Crippen LogP contribution in [0.25, 0.3) is 0 Å². The molecule has 2 heterocycles. The van der Waals surface area contributed by atoms with Crippen LogP contribution >= 0.6 is 0 Å². The second kappa shape index (κ2) is 9.15. The standard InChI is InChI=1S/C17H30N4O3/c1-4-24-17(23)13-21-12-9-18-15(21)5-6-16(22)20-10-7-14(8-11-20)19(2)3/h9,12,14,17,23H,4-8,10-11,13H2,1-3H3. The average molecular weight is 338 g/mol. The summed E-state index contributed by atoms with van der Waals surface area (Å²) in [4.78, 5) is 20.9. The molecule has 1 aliphatic heterocycles. The Morgan fingerprint density at radius 3 is 2.79 bits per heavy atom. The number of rotatable bonds is 8. The molecule has 1 saturated heterocycles. The number of likely N-dealkylation sites (tertiary alicyclic amines) is 1. The molecular formula is C17H30N4O3. The van der Waals surface area contributed by atoms with Crippen molar-refractivity contribution in [1.82, 2.24) is 19.4 Å². The first kappa shape index (κ1) is 18.9. The summed E-state index contributed by atoms with van der Waals surface area (Å²) in [6.07, 6.45) is 5.77. The second-order valence-electron chi connectivity index (χ2n) is 6.48. The number of imidazole rings is 1. The van der Waals surface area contributed by atoms with Crippen molar-refractivity contribution in [3.63, 3.8) is 0 Å². The molecule has 1 fully saturated rings. The van der Waals surface area contributed by atoms with E-state index in [0.717, 1.165) is 31.8 Å². The van der Waals surface area contributed by atoms with E-state index in [1.54, 1.807) is 6.20 Å². The Bertz CT molecular complexity index is 510. The normalized spacial score (nSPS) is 17.5. The summed E-state index contributed by atoms with van der Waals surface area (Å²) in [5, 5.41) is 9.75.